The van der Waals surface area contributed by atoms with E-state index in [1.54, 1.807) is 42.5 Å². The lowest BCUT2D eigenvalue weighted by Gasteiger charge is -2.17. The van der Waals surface area contributed by atoms with Gasteiger partial charge in [0.25, 0.3) is 0 Å². The maximum absolute atomic E-state index is 12.5. The molecule has 1 unspecified atom stereocenters. The quantitative estimate of drug-likeness (QED) is 0.540. The van der Waals surface area contributed by atoms with E-state index in [1.165, 1.54) is 0 Å². The molecule has 2 aromatic carbocycles. The van der Waals surface area contributed by atoms with Crippen molar-refractivity contribution in [1.29, 1.82) is 0 Å². The maximum atomic E-state index is 12.5. The lowest BCUT2D eigenvalue weighted by Crippen LogP contribution is -2.25. The molecule has 0 saturated heterocycles. The van der Waals surface area contributed by atoms with Gasteiger partial charge in [-0.1, -0.05) is 48.2 Å². The fourth-order valence-corrected chi connectivity index (χ4v) is 3.47. The number of hydrogen-bond acceptors (Lipinski definition) is 5. The number of carboxylic acid groups (broad SMARTS) is 1. The number of hydrogen-bond donors (Lipinski definition) is 2. The van der Waals surface area contributed by atoms with Crippen LogP contribution < -0.4 is 4.74 Å². The molecule has 6 heteroatoms. The van der Waals surface area contributed by atoms with Crippen LogP contribution in [0.3, 0.4) is 0 Å². The van der Waals surface area contributed by atoms with Crippen molar-refractivity contribution in [3.63, 3.8) is 0 Å². The van der Waals surface area contributed by atoms with Gasteiger partial charge < -0.3 is 19.7 Å². The van der Waals surface area contributed by atoms with Crippen molar-refractivity contribution in [2.75, 3.05) is 6.61 Å². The average molecular weight is 408 g/mol. The number of aliphatic hydroxyl groups excluding tert-OH is 1. The van der Waals surface area contributed by atoms with E-state index in [1.807, 2.05) is 18.2 Å². The van der Waals surface area contributed by atoms with Gasteiger partial charge >= 0.3 is 11.9 Å². The number of benzene rings is 2. The number of carbonyl (C=O) groups is 2. The lowest BCUT2D eigenvalue weighted by atomic mass is 9.92. The predicted molar refractivity (Wildman–Crippen MR) is 110 cm³/mol. The van der Waals surface area contributed by atoms with E-state index in [0.29, 0.717) is 24.2 Å². The van der Waals surface area contributed by atoms with Crippen molar-refractivity contribution in [2.24, 2.45) is 11.8 Å². The van der Waals surface area contributed by atoms with Crippen molar-refractivity contribution in [2.45, 2.75) is 31.5 Å². The second-order valence-corrected chi connectivity index (χ2v) is 7.19. The first kappa shape index (κ1) is 21.4. The summed E-state index contributed by atoms with van der Waals surface area (Å²) in [5, 5.41) is 19.2. The molecule has 0 aliphatic heterocycles. The highest BCUT2D eigenvalue weighted by molar-refractivity contribution is 5.89. The van der Waals surface area contributed by atoms with Crippen molar-refractivity contribution >= 4 is 11.9 Å². The van der Waals surface area contributed by atoms with Crippen LogP contribution in [0.1, 0.15) is 29.6 Å². The van der Waals surface area contributed by atoms with E-state index >= 15 is 0 Å². The van der Waals surface area contributed by atoms with Gasteiger partial charge in [0.1, 0.15) is 12.4 Å². The molecule has 1 saturated carbocycles. The minimum absolute atomic E-state index is 0.0362. The Kier molecular flexibility index (Phi) is 7.47. The van der Waals surface area contributed by atoms with Gasteiger partial charge in [-0.3, -0.25) is 4.79 Å². The third kappa shape index (κ3) is 6.10. The van der Waals surface area contributed by atoms with Gasteiger partial charge in [-0.05, 0) is 37.1 Å². The number of aliphatic carboxylic acids is 1. The Bertz CT molecular complexity index is 900. The number of ether oxygens (including phenoxy) is 2. The highest BCUT2D eigenvalue weighted by Crippen LogP contribution is 2.34. The van der Waals surface area contributed by atoms with E-state index in [9.17, 15) is 14.7 Å². The largest absolute Gasteiger partial charge is 0.489 e. The Morgan fingerprint density at radius 3 is 2.37 bits per heavy atom. The number of carboxylic acids is 1. The van der Waals surface area contributed by atoms with Gasteiger partial charge in [0.05, 0.1) is 18.1 Å². The minimum Gasteiger partial charge on any atom is -0.489 e. The molecule has 2 aromatic rings. The third-order valence-electron chi connectivity index (χ3n) is 5.03. The standard InChI is InChI=1S/C24H24O6/c25-22-14-12-17(21(22)15-23(26)27)11-13-20(16-29-19-9-5-2-6-10-19)30-24(28)18-7-3-1-4-8-18/h1-10,17,20-22,25H,12,14-16H2,(H,26,27)/t17-,20?,21+,22-/m1/s1. The summed E-state index contributed by atoms with van der Waals surface area (Å²) in [6, 6.07) is 17.7. The van der Waals surface area contributed by atoms with Gasteiger partial charge in [-0.2, -0.15) is 0 Å². The summed E-state index contributed by atoms with van der Waals surface area (Å²) in [6.45, 7) is 0.0362. The summed E-state index contributed by atoms with van der Waals surface area (Å²) in [4.78, 5) is 23.6. The molecule has 0 aromatic heterocycles. The first-order chi connectivity index (χ1) is 14.5. The summed E-state index contributed by atoms with van der Waals surface area (Å²) in [5.41, 5.74) is 0.407. The van der Waals surface area contributed by atoms with Gasteiger partial charge in [-0.25, -0.2) is 4.79 Å². The van der Waals surface area contributed by atoms with E-state index in [0.717, 1.165) is 0 Å². The zero-order valence-electron chi connectivity index (χ0n) is 16.4. The van der Waals surface area contributed by atoms with E-state index in [4.69, 9.17) is 14.6 Å². The van der Waals surface area contributed by atoms with Crippen molar-refractivity contribution in [3.05, 3.63) is 66.2 Å². The Labute approximate surface area is 175 Å². The summed E-state index contributed by atoms with van der Waals surface area (Å²) >= 11 is 0. The number of carbonyl (C=O) groups excluding carboxylic acids is 1. The molecule has 3 rings (SSSR count). The van der Waals surface area contributed by atoms with E-state index < -0.39 is 30.1 Å². The fraction of sp³-hybridized carbons (Fsp3) is 0.333. The molecular weight excluding hydrogens is 384 g/mol. The molecule has 1 aliphatic carbocycles. The van der Waals surface area contributed by atoms with Crippen LogP contribution in [0.5, 0.6) is 5.75 Å². The smallest absolute Gasteiger partial charge is 0.339 e. The molecule has 1 aliphatic rings. The van der Waals surface area contributed by atoms with Crippen molar-refractivity contribution in [3.8, 4) is 17.6 Å². The molecule has 2 N–H and O–H groups in total. The molecule has 0 amide bonds. The van der Waals surface area contributed by atoms with Crippen molar-refractivity contribution < 1.29 is 29.3 Å². The summed E-state index contributed by atoms with van der Waals surface area (Å²) < 4.78 is 11.3. The molecule has 6 nitrogen and oxygen atoms in total. The fourth-order valence-electron chi connectivity index (χ4n) is 3.47. The van der Waals surface area contributed by atoms with Crippen molar-refractivity contribution in [1.82, 2.24) is 0 Å². The second kappa shape index (κ2) is 10.5. The van der Waals surface area contributed by atoms with Gasteiger partial charge in [0.2, 0.25) is 0 Å². The average Bonchev–Trinajstić information content (AvgIpc) is 3.10. The van der Waals surface area contributed by atoms with E-state index in [2.05, 4.69) is 11.8 Å². The van der Waals surface area contributed by atoms with Gasteiger partial charge in [-0.15, -0.1) is 0 Å². The SMILES string of the molecule is O=C(O)C[C@@H]1[C@H](O)CC[C@H]1C#CC(COc1ccccc1)OC(=O)c1ccccc1. The summed E-state index contributed by atoms with van der Waals surface area (Å²) in [5.74, 6) is 4.40. The highest BCUT2D eigenvalue weighted by Gasteiger charge is 2.35. The molecule has 30 heavy (non-hydrogen) atoms. The van der Waals surface area contributed by atoms with Crippen LogP contribution in [-0.4, -0.2) is 41.0 Å². The Hall–Kier alpha value is -3.30. The molecular formula is C24H24O6. The lowest BCUT2D eigenvalue weighted by molar-refractivity contribution is -0.139. The zero-order chi connectivity index (χ0) is 21.3. The molecule has 0 radical (unpaired) electrons. The third-order valence-corrected chi connectivity index (χ3v) is 5.03. The Morgan fingerprint density at radius 2 is 1.70 bits per heavy atom. The van der Waals surface area contributed by atoms with E-state index in [-0.39, 0.29) is 18.9 Å². The molecule has 1 fully saturated rings. The van der Waals surface area contributed by atoms with Crippen LogP contribution in [0.4, 0.5) is 0 Å². The van der Waals surface area contributed by atoms with Crippen LogP contribution in [0.2, 0.25) is 0 Å². The normalized spacial score (nSPS) is 21.2. The van der Waals surface area contributed by atoms with Gasteiger partial charge in [0.15, 0.2) is 6.10 Å². The van der Waals surface area contributed by atoms with Crippen LogP contribution in [-0.2, 0) is 9.53 Å². The first-order valence-electron chi connectivity index (χ1n) is 9.87. The number of para-hydroxylation sites is 1. The molecule has 0 heterocycles. The van der Waals surface area contributed by atoms with Crippen LogP contribution >= 0.6 is 0 Å². The van der Waals surface area contributed by atoms with Crippen LogP contribution in [0.15, 0.2) is 60.7 Å². The predicted octanol–water partition coefficient (Wildman–Crippen LogP) is 3.16. The molecule has 156 valence electrons. The van der Waals surface area contributed by atoms with Crippen LogP contribution in [0.25, 0.3) is 0 Å². The number of esters is 1. The monoisotopic (exact) mass is 408 g/mol. The first-order valence-corrected chi connectivity index (χ1v) is 9.87. The molecule has 0 spiro atoms. The Balaban J connectivity index is 1.72. The highest BCUT2D eigenvalue weighted by atomic mass is 16.6. The van der Waals surface area contributed by atoms with Gasteiger partial charge in [0, 0.05) is 11.8 Å². The molecule has 0 bridgehead atoms. The van der Waals surface area contributed by atoms with Crippen LogP contribution in [0, 0.1) is 23.7 Å². The maximum Gasteiger partial charge on any atom is 0.339 e. The number of aliphatic hydroxyl groups is 1. The Morgan fingerprint density at radius 1 is 1.03 bits per heavy atom. The summed E-state index contributed by atoms with van der Waals surface area (Å²) in [7, 11) is 0. The second-order valence-electron chi connectivity index (χ2n) is 7.19. The summed E-state index contributed by atoms with van der Waals surface area (Å²) in [6.07, 6.45) is -0.556. The zero-order valence-corrected chi connectivity index (χ0v) is 16.4. The minimum atomic E-state index is -0.966. The topological polar surface area (TPSA) is 93.1 Å². The molecule has 4 atom stereocenters. The number of rotatable bonds is 7.